The van der Waals surface area contributed by atoms with Crippen LogP contribution in [0, 0.1) is 11.8 Å². The molecule has 6 heteroatoms. The highest BCUT2D eigenvalue weighted by atomic mass is 32.1. The topological polar surface area (TPSA) is 78.4 Å². The van der Waals surface area contributed by atoms with Crippen molar-refractivity contribution in [2.24, 2.45) is 11.8 Å². The van der Waals surface area contributed by atoms with Crippen molar-refractivity contribution < 1.29 is 14.7 Å². The number of thiophene rings is 1. The predicted molar refractivity (Wildman–Crippen MR) is 84.4 cm³/mol. The van der Waals surface area contributed by atoms with E-state index in [0.717, 1.165) is 12.0 Å². The van der Waals surface area contributed by atoms with E-state index in [0.29, 0.717) is 31.3 Å². The van der Waals surface area contributed by atoms with E-state index in [1.807, 2.05) is 16.8 Å². The standard InChI is InChI=1S/C15H24N2O3S/c1-11(2)13(3-4-14(18)19)5-7-16-15(20)17-9-12-6-8-21-10-12/h6,8,10-11,13H,3-5,7,9H2,1-2H3,(H,18,19)(H2,16,17,20). The van der Waals surface area contributed by atoms with Crippen LogP contribution in [0.25, 0.3) is 0 Å². The van der Waals surface area contributed by atoms with E-state index in [-0.39, 0.29) is 12.5 Å². The van der Waals surface area contributed by atoms with Gasteiger partial charge >= 0.3 is 12.0 Å². The first kappa shape index (κ1) is 17.5. The number of hydrogen-bond donors (Lipinski definition) is 3. The summed E-state index contributed by atoms with van der Waals surface area (Å²) in [5.41, 5.74) is 1.09. The first-order valence-electron chi connectivity index (χ1n) is 7.23. The number of carboxylic acids is 1. The van der Waals surface area contributed by atoms with Crippen LogP contribution in [0.15, 0.2) is 16.8 Å². The van der Waals surface area contributed by atoms with Crippen molar-refractivity contribution in [2.75, 3.05) is 6.54 Å². The average molecular weight is 312 g/mol. The number of urea groups is 1. The largest absolute Gasteiger partial charge is 0.481 e. The lowest BCUT2D eigenvalue weighted by atomic mass is 9.88. The first-order chi connectivity index (χ1) is 9.99. The van der Waals surface area contributed by atoms with Crippen molar-refractivity contribution in [1.29, 1.82) is 0 Å². The summed E-state index contributed by atoms with van der Waals surface area (Å²) in [6.07, 6.45) is 1.65. The van der Waals surface area contributed by atoms with Gasteiger partial charge in [0, 0.05) is 19.5 Å². The van der Waals surface area contributed by atoms with Gasteiger partial charge in [-0.3, -0.25) is 4.79 Å². The Kier molecular flexibility index (Phi) is 7.82. The van der Waals surface area contributed by atoms with Gasteiger partial charge in [0.05, 0.1) is 0 Å². The van der Waals surface area contributed by atoms with Crippen LogP contribution >= 0.6 is 11.3 Å². The molecule has 1 aromatic rings. The van der Waals surface area contributed by atoms with Crippen LogP contribution in [-0.2, 0) is 11.3 Å². The second-order valence-corrected chi connectivity index (χ2v) is 6.25. The molecule has 5 nitrogen and oxygen atoms in total. The number of rotatable bonds is 9. The van der Waals surface area contributed by atoms with Crippen molar-refractivity contribution in [3.05, 3.63) is 22.4 Å². The molecule has 0 bridgehead atoms. The zero-order chi connectivity index (χ0) is 15.7. The maximum atomic E-state index is 11.6. The van der Waals surface area contributed by atoms with Crippen molar-refractivity contribution in [3.63, 3.8) is 0 Å². The van der Waals surface area contributed by atoms with Crippen LogP contribution in [0.1, 0.15) is 38.7 Å². The number of carbonyl (C=O) groups is 2. The van der Waals surface area contributed by atoms with Crippen LogP contribution < -0.4 is 10.6 Å². The number of aliphatic carboxylic acids is 1. The van der Waals surface area contributed by atoms with E-state index in [1.165, 1.54) is 0 Å². The Morgan fingerprint density at radius 1 is 1.29 bits per heavy atom. The second-order valence-electron chi connectivity index (χ2n) is 5.47. The molecule has 0 radical (unpaired) electrons. The molecular weight excluding hydrogens is 288 g/mol. The minimum absolute atomic E-state index is 0.179. The summed E-state index contributed by atoms with van der Waals surface area (Å²) in [5.74, 6) is -0.0274. The van der Waals surface area contributed by atoms with Gasteiger partial charge in [0.1, 0.15) is 0 Å². The van der Waals surface area contributed by atoms with E-state index >= 15 is 0 Å². The maximum absolute atomic E-state index is 11.6. The number of carboxylic acid groups (broad SMARTS) is 1. The molecule has 0 aromatic carbocycles. The van der Waals surface area contributed by atoms with E-state index in [1.54, 1.807) is 11.3 Å². The minimum atomic E-state index is -0.762. The molecule has 0 saturated carbocycles. The van der Waals surface area contributed by atoms with E-state index in [2.05, 4.69) is 24.5 Å². The smallest absolute Gasteiger partial charge is 0.315 e. The normalized spacial score (nSPS) is 12.1. The third-order valence-electron chi connectivity index (χ3n) is 3.51. The Labute approximate surface area is 129 Å². The molecule has 2 amide bonds. The predicted octanol–water partition coefficient (Wildman–Crippen LogP) is 3.07. The molecule has 0 aliphatic heterocycles. The summed E-state index contributed by atoms with van der Waals surface area (Å²) in [5, 5.41) is 18.3. The van der Waals surface area contributed by atoms with Gasteiger partial charge in [-0.05, 0) is 47.1 Å². The lowest BCUT2D eigenvalue weighted by molar-refractivity contribution is -0.137. The summed E-state index contributed by atoms with van der Waals surface area (Å²) in [7, 11) is 0. The molecule has 118 valence electrons. The van der Waals surface area contributed by atoms with Gasteiger partial charge in [0.25, 0.3) is 0 Å². The molecule has 1 heterocycles. The van der Waals surface area contributed by atoms with Gasteiger partial charge in [0.2, 0.25) is 0 Å². The third kappa shape index (κ3) is 7.70. The quantitative estimate of drug-likeness (QED) is 0.655. The van der Waals surface area contributed by atoms with Gasteiger partial charge in [-0.2, -0.15) is 11.3 Å². The van der Waals surface area contributed by atoms with Crippen LogP contribution in [0.2, 0.25) is 0 Å². The Hall–Kier alpha value is -1.56. The van der Waals surface area contributed by atoms with E-state index in [9.17, 15) is 9.59 Å². The Bertz CT molecular complexity index is 432. The van der Waals surface area contributed by atoms with Crippen LogP contribution in [0.4, 0.5) is 4.79 Å². The van der Waals surface area contributed by atoms with Gasteiger partial charge in [-0.1, -0.05) is 13.8 Å². The number of nitrogens with one attached hydrogen (secondary N) is 2. The lowest BCUT2D eigenvalue weighted by Gasteiger charge is -2.20. The van der Waals surface area contributed by atoms with Crippen LogP contribution in [0.3, 0.4) is 0 Å². The van der Waals surface area contributed by atoms with E-state index < -0.39 is 5.97 Å². The summed E-state index contributed by atoms with van der Waals surface area (Å²) in [6.45, 7) is 5.27. The Morgan fingerprint density at radius 3 is 2.62 bits per heavy atom. The number of hydrogen-bond acceptors (Lipinski definition) is 3. The second kappa shape index (κ2) is 9.39. The minimum Gasteiger partial charge on any atom is -0.481 e. The lowest BCUT2D eigenvalue weighted by Crippen LogP contribution is -2.36. The van der Waals surface area contributed by atoms with Gasteiger partial charge in [0.15, 0.2) is 0 Å². The zero-order valence-corrected chi connectivity index (χ0v) is 13.4. The molecule has 0 spiro atoms. The molecule has 21 heavy (non-hydrogen) atoms. The van der Waals surface area contributed by atoms with Crippen molar-refractivity contribution >= 4 is 23.3 Å². The molecular formula is C15H24N2O3S. The third-order valence-corrected chi connectivity index (χ3v) is 4.24. The fourth-order valence-corrected chi connectivity index (χ4v) is 2.80. The Balaban J connectivity index is 2.20. The van der Waals surface area contributed by atoms with Crippen molar-refractivity contribution in [2.45, 2.75) is 39.7 Å². The van der Waals surface area contributed by atoms with Crippen LogP contribution in [-0.4, -0.2) is 23.7 Å². The molecule has 3 N–H and O–H groups in total. The SMILES string of the molecule is CC(C)C(CCNC(=O)NCc1ccsc1)CCC(=O)O. The zero-order valence-electron chi connectivity index (χ0n) is 12.6. The molecule has 1 atom stereocenters. The maximum Gasteiger partial charge on any atom is 0.315 e. The average Bonchev–Trinajstić information content (AvgIpc) is 2.92. The van der Waals surface area contributed by atoms with Crippen molar-refractivity contribution in [3.8, 4) is 0 Å². The monoisotopic (exact) mass is 312 g/mol. The molecule has 1 aromatic heterocycles. The summed E-state index contributed by atoms with van der Waals surface area (Å²) in [6, 6.07) is 1.80. The van der Waals surface area contributed by atoms with Gasteiger partial charge in [-0.25, -0.2) is 4.79 Å². The van der Waals surface area contributed by atoms with Crippen LogP contribution in [0.5, 0.6) is 0 Å². The van der Waals surface area contributed by atoms with E-state index in [4.69, 9.17) is 5.11 Å². The highest BCUT2D eigenvalue weighted by molar-refractivity contribution is 7.07. The fourth-order valence-electron chi connectivity index (χ4n) is 2.13. The summed E-state index contributed by atoms with van der Waals surface area (Å²) in [4.78, 5) is 22.3. The molecule has 1 rings (SSSR count). The molecule has 0 aliphatic rings. The number of amides is 2. The molecule has 0 saturated heterocycles. The molecule has 0 fully saturated rings. The fraction of sp³-hybridized carbons (Fsp3) is 0.600. The van der Waals surface area contributed by atoms with Gasteiger partial charge in [-0.15, -0.1) is 0 Å². The Morgan fingerprint density at radius 2 is 2.05 bits per heavy atom. The number of carbonyl (C=O) groups excluding carboxylic acids is 1. The molecule has 0 aliphatic carbocycles. The molecule has 1 unspecified atom stereocenters. The highest BCUT2D eigenvalue weighted by Gasteiger charge is 2.15. The summed E-state index contributed by atoms with van der Waals surface area (Å²) >= 11 is 1.60. The highest BCUT2D eigenvalue weighted by Crippen LogP contribution is 2.20. The van der Waals surface area contributed by atoms with Crippen molar-refractivity contribution in [1.82, 2.24) is 10.6 Å². The first-order valence-corrected chi connectivity index (χ1v) is 8.18. The summed E-state index contributed by atoms with van der Waals surface area (Å²) < 4.78 is 0. The van der Waals surface area contributed by atoms with Gasteiger partial charge < -0.3 is 15.7 Å².